The highest BCUT2D eigenvalue weighted by molar-refractivity contribution is 7.07. The average molecular weight is 304 g/mol. The molecule has 3 heterocycles. The van der Waals surface area contributed by atoms with Gasteiger partial charge in [0.25, 0.3) is 5.91 Å². The van der Waals surface area contributed by atoms with Crippen LogP contribution in [0, 0.1) is 6.92 Å². The highest BCUT2D eigenvalue weighted by atomic mass is 32.1. The molecule has 21 heavy (non-hydrogen) atoms. The highest BCUT2D eigenvalue weighted by Crippen LogP contribution is 2.20. The predicted octanol–water partition coefficient (Wildman–Crippen LogP) is 1.93. The smallest absolute Gasteiger partial charge is 0.267 e. The molecule has 3 rings (SSSR count). The first-order valence-electron chi connectivity index (χ1n) is 6.89. The number of amides is 1. The lowest BCUT2D eigenvalue weighted by Gasteiger charge is -2.31. The quantitative estimate of drug-likeness (QED) is 0.866. The van der Waals surface area contributed by atoms with Gasteiger partial charge in [0.05, 0.1) is 11.9 Å². The summed E-state index contributed by atoms with van der Waals surface area (Å²) < 4.78 is 9.70. The van der Waals surface area contributed by atoms with E-state index >= 15 is 0 Å². The Balaban J connectivity index is 1.56. The standard InChI is InChI=1S/C14H16N4O2S/c1-10-13(21-17-16-10)14(19)18-7-4-11(5-8-18)20-12-3-2-6-15-9-12/h2-3,6,9,11H,4-5,7-8H2,1H3. The minimum atomic E-state index is 0.0299. The van der Waals surface area contributed by atoms with E-state index in [9.17, 15) is 4.79 Å². The second-order valence-electron chi connectivity index (χ2n) is 4.99. The van der Waals surface area contributed by atoms with Gasteiger partial charge in [0, 0.05) is 32.1 Å². The number of pyridine rings is 1. The van der Waals surface area contributed by atoms with Gasteiger partial charge in [0.2, 0.25) is 0 Å². The number of carbonyl (C=O) groups is 1. The van der Waals surface area contributed by atoms with Gasteiger partial charge in [-0.1, -0.05) is 4.49 Å². The number of hydrogen-bond donors (Lipinski definition) is 0. The summed E-state index contributed by atoms with van der Waals surface area (Å²) >= 11 is 1.16. The lowest BCUT2D eigenvalue weighted by atomic mass is 10.1. The molecule has 2 aromatic heterocycles. The number of piperidine rings is 1. The fraction of sp³-hybridized carbons (Fsp3) is 0.429. The number of ether oxygens (including phenoxy) is 1. The summed E-state index contributed by atoms with van der Waals surface area (Å²) in [6, 6.07) is 3.75. The molecular weight excluding hydrogens is 288 g/mol. The summed E-state index contributed by atoms with van der Waals surface area (Å²) in [6.45, 7) is 3.21. The normalized spacial score (nSPS) is 16.0. The molecule has 2 aromatic rings. The molecule has 1 saturated heterocycles. The van der Waals surface area contributed by atoms with Crippen LogP contribution in [0.5, 0.6) is 5.75 Å². The van der Waals surface area contributed by atoms with E-state index in [1.165, 1.54) is 0 Å². The van der Waals surface area contributed by atoms with Crippen molar-refractivity contribution in [1.82, 2.24) is 19.5 Å². The van der Waals surface area contributed by atoms with E-state index < -0.39 is 0 Å². The first-order chi connectivity index (χ1) is 10.2. The Labute approximate surface area is 126 Å². The number of rotatable bonds is 3. The van der Waals surface area contributed by atoms with Crippen molar-refractivity contribution < 1.29 is 9.53 Å². The SMILES string of the molecule is Cc1nnsc1C(=O)N1CCC(Oc2cccnc2)CC1. The van der Waals surface area contributed by atoms with Gasteiger partial charge in [-0.05, 0) is 30.6 Å². The van der Waals surface area contributed by atoms with Crippen LogP contribution in [0.3, 0.4) is 0 Å². The molecule has 0 aromatic carbocycles. The summed E-state index contributed by atoms with van der Waals surface area (Å²) in [5.74, 6) is 0.812. The van der Waals surface area contributed by atoms with Gasteiger partial charge < -0.3 is 9.64 Å². The Bertz CT molecular complexity index is 608. The molecule has 0 atom stereocenters. The van der Waals surface area contributed by atoms with Crippen molar-refractivity contribution in [2.24, 2.45) is 0 Å². The number of aromatic nitrogens is 3. The third kappa shape index (κ3) is 3.18. The maximum Gasteiger partial charge on any atom is 0.267 e. The van der Waals surface area contributed by atoms with Crippen LogP contribution in [0.2, 0.25) is 0 Å². The largest absolute Gasteiger partial charge is 0.489 e. The van der Waals surface area contributed by atoms with Crippen molar-refractivity contribution in [2.75, 3.05) is 13.1 Å². The van der Waals surface area contributed by atoms with E-state index in [0.29, 0.717) is 23.7 Å². The second kappa shape index (κ2) is 6.17. The molecule has 6 nitrogen and oxygen atoms in total. The first-order valence-corrected chi connectivity index (χ1v) is 7.66. The molecule has 1 aliphatic rings. The summed E-state index contributed by atoms with van der Waals surface area (Å²) in [5.41, 5.74) is 0.707. The number of carbonyl (C=O) groups excluding carboxylic acids is 1. The fourth-order valence-electron chi connectivity index (χ4n) is 2.36. The fourth-order valence-corrected chi connectivity index (χ4v) is 2.98. The average Bonchev–Trinajstić information content (AvgIpc) is 2.94. The molecular formula is C14H16N4O2S. The van der Waals surface area contributed by atoms with E-state index in [-0.39, 0.29) is 12.0 Å². The first kappa shape index (κ1) is 13.9. The third-order valence-electron chi connectivity index (χ3n) is 3.51. The van der Waals surface area contributed by atoms with Gasteiger partial charge in [-0.3, -0.25) is 9.78 Å². The monoisotopic (exact) mass is 304 g/mol. The van der Waals surface area contributed by atoms with Gasteiger partial charge in [0.15, 0.2) is 0 Å². The zero-order chi connectivity index (χ0) is 14.7. The van der Waals surface area contributed by atoms with E-state index in [4.69, 9.17) is 4.74 Å². The lowest BCUT2D eigenvalue weighted by Crippen LogP contribution is -2.41. The van der Waals surface area contributed by atoms with Crippen LogP contribution in [-0.4, -0.2) is 44.6 Å². The number of nitrogens with zero attached hydrogens (tertiary/aromatic N) is 4. The lowest BCUT2D eigenvalue weighted by molar-refractivity contribution is 0.0598. The topological polar surface area (TPSA) is 68.2 Å². The van der Waals surface area contributed by atoms with Crippen LogP contribution in [0.15, 0.2) is 24.5 Å². The molecule has 110 valence electrons. The Kier molecular flexibility index (Phi) is 4.10. The van der Waals surface area contributed by atoms with Crippen LogP contribution in [0.25, 0.3) is 0 Å². The molecule has 0 spiro atoms. The number of hydrogen-bond acceptors (Lipinski definition) is 6. The minimum absolute atomic E-state index is 0.0299. The van der Waals surface area contributed by atoms with Crippen LogP contribution in [0.4, 0.5) is 0 Å². The van der Waals surface area contributed by atoms with Crippen LogP contribution >= 0.6 is 11.5 Å². The van der Waals surface area contributed by atoms with Crippen molar-refractivity contribution in [3.05, 3.63) is 35.1 Å². The molecule has 1 fully saturated rings. The molecule has 0 aliphatic carbocycles. The van der Waals surface area contributed by atoms with Gasteiger partial charge in [-0.15, -0.1) is 5.10 Å². The van der Waals surface area contributed by atoms with Crippen LogP contribution < -0.4 is 4.74 Å². The van der Waals surface area contributed by atoms with Gasteiger partial charge in [0.1, 0.15) is 16.7 Å². The minimum Gasteiger partial charge on any atom is -0.489 e. The Morgan fingerprint density at radius 2 is 2.24 bits per heavy atom. The Morgan fingerprint density at radius 1 is 1.43 bits per heavy atom. The zero-order valence-electron chi connectivity index (χ0n) is 11.7. The third-order valence-corrected chi connectivity index (χ3v) is 4.33. The van der Waals surface area contributed by atoms with Crippen molar-refractivity contribution in [2.45, 2.75) is 25.9 Å². The molecule has 7 heteroatoms. The molecule has 0 bridgehead atoms. The maximum atomic E-state index is 12.4. The van der Waals surface area contributed by atoms with Gasteiger partial charge in [-0.2, -0.15) is 0 Å². The van der Waals surface area contributed by atoms with E-state index in [1.54, 1.807) is 12.4 Å². The molecule has 1 aliphatic heterocycles. The predicted molar refractivity (Wildman–Crippen MR) is 78.4 cm³/mol. The van der Waals surface area contributed by atoms with E-state index in [0.717, 1.165) is 30.1 Å². The van der Waals surface area contributed by atoms with Gasteiger partial charge >= 0.3 is 0 Å². The number of likely N-dealkylation sites (tertiary alicyclic amines) is 1. The molecule has 0 radical (unpaired) electrons. The second-order valence-corrected chi connectivity index (χ2v) is 5.74. The molecule has 0 N–H and O–H groups in total. The Morgan fingerprint density at radius 3 is 2.86 bits per heavy atom. The van der Waals surface area contributed by atoms with E-state index in [2.05, 4.69) is 14.6 Å². The number of aryl methyl sites for hydroxylation is 1. The Hall–Kier alpha value is -2.02. The van der Waals surface area contributed by atoms with Gasteiger partial charge in [-0.25, -0.2) is 0 Å². The van der Waals surface area contributed by atoms with E-state index in [1.807, 2.05) is 24.0 Å². The highest BCUT2D eigenvalue weighted by Gasteiger charge is 2.26. The zero-order valence-corrected chi connectivity index (χ0v) is 12.5. The summed E-state index contributed by atoms with van der Waals surface area (Å²) in [6.07, 6.45) is 5.22. The van der Waals surface area contributed by atoms with Crippen molar-refractivity contribution in [3.63, 3.8) is 0 Å². The molecule has 0 unspecified atom stereocenters. The van der Waals surface area contributed by atoms with Crippen LogP contribution in [-0.2, 0) is 0 Å². The van der Waals surface area contributed by atoms with Crippen LogP contribution in [0.1, 0.15) is 28.2 Å². The van der Waals surface area contributed by atoms with Crippen molar-refractivity contribution in [3.8, 4) is 5.75 Å². The molecule has 1 amide bonds. The van der Waals surface area contributed by atoms with Crippen molar-refractivity contribution >= 4 is 17.4 Å². The summed E-state index contributed by atoms with van der Waals surface area (Å²) in [4.78, 5) is 18.9. The molecule has 0 saturated carbocycles. The van der Waals surface area contributed by atoms with Crippen molar-refractivity contribution in [1.29, 1.82) is 0 Å². The maximum absolute atomic E-state index is 12.4. The summed E-state index contributed by atoms with van der Waals surface area (Å²) in [5, 5.41) is 3.89. The summed E-state index contributed by atoms with van der Waals surface area (Å²) in [7, 11) is 0.